The Kier molecular flexibility index (Phi) is 14.1. The normalized spacial score (nSPS) is 14.5. The maximum absolute atomic E-state index is 14.2. The number of pyridine rings is 1. The summed E-state index contributed by atoms with van der Waals surface area (Å²) in [5.41, 5.74) is 0.885. The Labute approximate surface area is 301 Å². The highest BCUT2D eigenvalue weighted by atomic mass is 16.6. The molecule has 0 fully saturated rings. The van der Waals surface area contributed by atoms with Crippen LogP contribution in [0.15, 0.2) is 79.1 Å². The average molecular weight is 704 g/mol. The van der Waals surface area contributed by atoms with Crippen molar-refractivity contribution in [1.82, 2.24) is 26.3 Å². The average Bonchev–Trinajstić information content (AvgIpc) is 3.09. The molecule has 3 rings (SSSR count). The van der Waals surface area contributed by atoms with E-state index in [4.69, 9.17) is 9.47 Å². The van der Waals surface area contributed by atoms with Crippen LogP contribution < -0.4 is 21.3 Å². The number of hydrogen-bond donors (Lipinski definition) is 5. The fourth-order valence-electron chi connectivity index (χ4n) is 5.82. The largest absolute Gasteiger partial charge is 0.453 e. The number of carbonyl (C=O) groups excluding carboxylic acids is 4. The number of nitrogens with zero attached hydrogens (tertiary/aromatic N) is 1. The fourth-order valence-corrected chi connectivity index (χ4v) is 5.82. The lowest BCUT2D eigenvalue weighted by atomic mass is 9.77. The minimum atomic E-state index is -1.33. The van der Waals surface area contributed by atoms with E-state index < -0.39 is 58.6 Å². The lowest BCUT2D eigenvalue weighted by Crippen LogP contribution is -2.63. The quantitative estimate of drug-likeness (QED) is 0.160. The smallest absolute Gasteiger partial charge is 0.407 e. The van der Waals surface area contributed by atoms with E-state index in [0.29, 0.717) is 0 Å². The molecule has 2 aromatic carbocycles. The summed E-state index contributed by atoms with van der Waals surface area (Å²) in [7, 11) is 2.64. The number of carbonyl (C=O) groups is 4. The van der Waals surface area contributed by atoms with Crippen molar-refractivity contribution < 1.29 is 33.8 Å². The zero-order valence-corrected chi connectivity index (χ0v) is 30.9. The van der Waals surface area contributed by atoms with Gasteiger partial charge in [-0.15, -0.1) is 0 Å². The molecule has 1 aromatic heterocycles. The van der Waals surface area contributed by atoms with E-state index in [1.54, 1.807) is 33.2 Å². The van der Waals surface area contributed by atoms with E-state index in [1.165, 1.54) is 14.2 Å². The van der Waals surface area contributed by atoms with Gasteiger partial charge in [-0.1, -0.05) is 96.1 Å². The number of amides is 4. The lowest BCUT2D eigenvalue weighted by Gasteiger charge is -2.42. The van der Waals surface area contributed by atoms with Crippen molar-refractivity contribution in [2.75, 3.05) is 20.7 Å². The number of hydrogen-bond acceptors (Lipinski definition) is 8. The molecule has 5 N–H and O–H groups in total. The predicted molar refractivity (Wildman–Crippen MR) is 196 cm³/mol. The second-order valence-corrected chi connectivity index (χ2v) is 14.8. The van der Waals surface area contributed by atoms with Crippen LogP contribution in [-0.2, 0) is 31.9 Å². The molecule has 51 heavy (non-hydrogen) atoms. The molecule has 4 unspecified atom stereocenters. The molecule has 4 atom stereocenters. The molecule has 12 heteroatoms. The first-order valence-corrected chi connectivity index (χ1v) is 17.0. The molecule has 0 aliphatic heterocycles. The summed E-state index contributed by atoms with van der Waals surface area (Å²) >= 11 is 0. The molecule has 12 nitrogen and oxygen atoms in total. The van der Waals surface area contributed by atoms with Crippen LogP contribution in [0.3, 0.4) is 0 Å². The van der Waals surface area contributed by atoms with Crippen LogP contribution in [-0.4, -0.2) is 78.6 Å². The van der Waals surface area contributed by atoms with Gasteiger partial charge < -0.3 is 35.8 Å². The second kappa shape index (κ2) is 17.8. The fraction of sp³-hybridized carbons (Fsp3) is 0.462. The minimum Gasteiger partial charge on any atom is -0.453 e. The number of nitrogens with one attached hydrogen (secondary N) is 4. The van der Waals surface area contributed by atoms with E-state index in [1.807, 2.05) is 87.5 Å². The Morgan fingerprint density at radius 2 is 1.33 bits per heavy atom. The first-order valence-electron chi connectivity index (χ1n) is 17.0. The number of alkyl carbamates (subject to hydrolysis) is 2. The zero-order valence-electron chi connectivity index (χ0n) is 30.9. The summed E-state index contributed by atoms with van der Waals surface area (Å²) in [6, 6.07) is 20.2. The van der Waals surface area contributed by atoms with Gasteiger partial charge in [0.15, 0.2) is 6.10 Å². The maximum Gasteiger partial charge on any atom is 0.407 e. The number of benzene rings is 2. The zero-order chi connectivity index (χ0) is 37.8. The Morgan fingerprint density at radius 1 is 0.765 bits per heavy atom. The van der Waals surface area contributed by atoms with Crippen molar-refractivity contribution in [2.45, 2.75) is 84.6 Å². The number of methoxy groups -OCH3 is 1. The third kappa shape index (κ3) is 11.8. The van der Waals surface area contributed by atoms with Gasteiger partial charge in [0, 0.05) is 31.4 Å². The van der Waals surface area contributed by atoms with Crippen molar-refractivity contribution in [3.63, 3.8) is 0 Å². The number of ether oxygens (including phenoxy) is 2. The first-order chi connectivity index (χ1) is 24.0. The maximum atomic E-state index is 14.2. The van der Waals surface area contributed by atoms with Crippen LogP contribution in [0.1, 0.15) is 59.1 Å². The van der Waals surface area contributed by atoms with Gasteiger partial charge in [0.05, 0.1) is 18.8 Å². The van der Waals surface area contributed by atoms with Gasteiger partial charge in [-0.25, -0.2) is 9.59 Å². The van der Waals surface area contributed by atoms with Gasteiger partial charge in [0.1, 0.15) is 6.04 Å². The van der Waals surface area contributed by atoms with E-state index in [-0.39, 0.29) is 25.8 Å². The number of aliphatic hydroxyl groups excluding tert-OH is 1. The van der Waals surface area contributed by atoms with E-state index in [2.05, 4.69) is 26.3 Å². The highest BCUT2D eigenvalue weighted by molar-refractivity contribution is 5.86. The standard InChI is InChI=1S/C39H53N5O7/c1-37(2,3)31(43-36(49)50-8)33(46)42-23-20-30(45)39(24-26-12-10-9-11-13-26,44-34(47)32(38(4,5)6)51-35(48)40-7)25-27-14-16-28(17-15-27)29-18-21-41-22-19-29/h9-19,21-22,30-32,45H,20,23-25H2,1-8H3,(H,40,48)(H,42,46)(H,43,49)(H,44,47). The highest BCUT2D eigenvalue weighted by Crippen LogP contribution is 2.30. The van der Waals surface area contributed by atoms with Gasteiger partial charge in [-0.2, -0.15) is 0 Å². The topological polar surface area (TPSA) is 168 Å². The molecule has 0 saturated heterocycles. The lowest BCUT2D eigenvalue weighted by molar-refractivity contribution is -0.139. The number of aromatic nitrogens is 1. The van der Waals surface area contributed by atoms with Gasteiger partial charge in [0.2, 0.25) is 5.91 Å². The van der Waals surface area contributed by atoms with Crippen LogP contribution in [0, 0.1) is 10.8 Å². The van der Waals surface area contributed by atoms with Crippen LogP contribution >= 0.6 is 0 Å². The van der Waals surface area contributed by atoms with Gasteiger partial charge in [-0.05, 0) is 59.1 Å². The first kappa shape index (κ1) is 40.5. The van der Waals surface area contributed by atoms with Crippen molar-refractivity contribution >= 4 is 24.0 Å². The monoisotopic (exact) mass is 703 g/mol. The van der Waals surface area contributed by atoms with Crippen LogP contribution in [0.5, 0.6) is 0 Å². The molecule has 4 amide bonds. The molecular formula is C39H53N5O7. The van der Waals surface area contributed by atoms with Crippen LogP contribution in [0.4, 0.5) is 9.59 Å². The molecule has 0 spiro atoms. The summed E-state index contributed by atoms with van der Waals surface area (Å²) in [6.07, 6.45) is -0.00781. The molecule has 0 radical (unpaired) electrons. The predicted octanol–water partition coefficient (Wildman–Crippen LogP) is 4.80. The Bertz CT molecular complexity index is 1590. The molecule has 0 bridgehead atoms. The number of rotatable bonds is 14. The summed E-state index contributed by atoms with van der Waals surface area (Å²) in [5.74, 6) is -1.02. The van der Waals surface area contributed by atoms with Crippen molar-refractivity contribution in [3.05, 3.63) is 90.3 Å². The summed E-state index contributed by atoms with van der Waals surface area (Å²) in [5, 5.41) is 23.2. The summed E-state index contributed by atoms with van der Waals surface area (Å²) in [4.78, 5) is 56.1. The highest BCUT2D eigenvalue weighted by Gasteiger charge is 2.44. The Hall–Kier alpha value is -4.97. The SMILES string of the molecule is CNC(=O)OC(C(=O)NC(Cc1ccccc1)(Cc1ccc(-c2ccncc2)cc1)C(O)CCNC(=O)C(NC(=O)OC)C(C)(C)C)C(C)(C)C. The molecule has 1 heterocycles. The van der Waals surface area contributed by atoms with E-state index >= 15 is 0 Å². The summed E-state index contributed by atoms with van der Waals surface area (Å²) < 4.78 is 10.3. The van der Waals surface area contributed by atoms with E-state index in [9.17, 15) is 24.3 Å². The van der Waals surface area contributed by atoms with Gasteiger partial charge >= 0.3 is 12.2 Å². The molecule has 3 aromatic rings. The van der Waals surface area contributed by atoms with Crippen molar-refractivity contribution in [1.29, 1.82) is 0 Å². The Morgan fingerprint density at radius 3 is 1.86 bits per heavy atom. The van der Waals surface area contributed by atoms with Crippen LogP contribution in [0.2, 0.25) is 0 Å². The third-order valence-electron chi connectivity index (χ3n) is 8.61. The molecular weight excluding hydrogens is 650 g/mol. The minimum absolute atomic E-state index is 0.0280. The summed E-state index contributed by atoms with van der Waals surface area (Å²) in [6.45, 7) is 10.8. The molecule has 276 valence electrons. The van der Waals surface area contributed by atoms with Crippen LogP contribution in [0.25, 0.3) is 11.1 Å². The van der Waals surface area contributed by atoms with Crippen molar-refractivity contribution in [2.24, 2.45) is 10.8 Å². The van der Waals surface area contributed by atoms with Gasteiger partial charge in [0.25, 0.3) is 5.91 Å². The molecule has 0 aliphatic rings. The second-order valence-electron chi connectivity index (χ2n) is 14.8. The van der Waals surface area contributed by atoms with Crippen molar-refractivity contribution in [3.8, 4) is 11.1 Å². The number of aliphatic hydroxyl groups is 1. The molecule has 0 aliphatic carbocycles. The van der Waals surface area contributed by atoms with Gasteiger partial charge in [-0.3, -0.25) is 14.6 Å². The third-order valence-corrected chi connectivity index (χ3v) is 8.61. The Balaban J connectivity index is 2.04. The van der Waals surface area contributed by atoms with E-state index in [0.717, 1.165) is 22.3 Å². The molecule has 0 saturated carbocycles.